The molecule has 3 nitrogen and oxygen atoms in total. The minimum absolute atomic E-state index is 0.327. The van der Waals surface area contributed by atoms with Crippen LogP contribution >= 0.6 is 23.2 Å². The van der Waals surface area contributed by atoms with Gasteiger partial charge in [0.1, 0.15) is 11.5 Å². The Bertz CT molecular complexity index is 606. The molecule has 2 aromatic rings. The van der Waals surface area contributed by atoms with Crippen molar-refractivity contribution >= 4 is 29.2 Å². The van der Waals surface area contributed by atoms with Crippen LogP contribution in [0.5, 0.6) is 11.5 Å². The number of benzene rings is 2. The van der Waals surface area contributed by atoms with Crippen molar-refractivity contribution in [3.8, 4) is 11.5 Å². The molecule has 0 radical (unpaired) electrons. The summed E-state index contributed by atoms with van der Waals surface area (Å²) in [6, 6.07) is 11.6. The number of halogens is 2. The Balaban J connectivity index is 2.21. The van der Waals surface area contributed by atoms with Gasteiger partial charge in [0.25, 0.3) is 0 Å². The Hall–Kier alpha value is -1.71. The minimum atomic E-state index is -0.387. The van der Waals surface area contributed by atoms with E-state index in [4.69, 9.17) is 32.7 Å². The second-order valence-electron chi connectivity index (χ2n) is 3.96. The highest BCUT2D eigenvalue weighted by molar-refractivity contribution is 6.34. The molecule has 5 heteroatoms. The van der Waals surface area contributed by atoms with Crippen molar-refractivity contribution in [2.75, 3.05) is 6.61 Å². The number of hydrogen-bond acceptors (Lipinski definition) is 3. The second-order valence-corrected chi connectivity index (χ2v) is 4.83. The van der Waals surface area contributed by atoms with Crippen LogP contribution in [-0.2, 0) is 4.74 Å². The summed E-state index contributed by atoms with van der Waals surface area (Å²) in [7, 11) is 0. The van der Waals surface area contributed by atoms with Crippen LogP contribution in [0.1, 0.15) is 17.3 Å². The Morgan fingerprint density at radius 2 is 1.75 bits per heavy atom. The number of hydrogen-bond donors (Lipinski definition) is 0. The largest absolute Gasteiger partial charge is 0.462 e. The summed E-state index contributed by atoms with van der Waals surface area (Å²) in [6.45, 7) is 2.08. The fraction of sp³-hybridized carbons (Fsp3) is 0.133. The Morgan fingerprint density at radius 1 is 1.05 bits per heavy atom. The average molecular weight is 311 g/mol. The van der Waals surface area contributed by atoms with Crippen molar-refractivity contribution in [1.82, 2.24) is 0 Å². The van der Waals surface area contributed by atoms with E-state index < -0.39 is 0 Å². The van der Waals surface area contributed by atoms with Gasteiger partial charge < -0.3 is 9.47 Å². The molecule has 0 atom stereocenters. The van der Waals surface area contributed by atoms with E-state index in [-0.39, 0.29) is 5.97 Å². The maximum Gasteiger partial charge on any atom is 0.338 e. The molecular formula is C15H12Cl2O3. The van der Waals surface area contributed by atoms with Gasteiger partial charge in [-0.05, 0) is 43.3 Å². The lowest BCUT2D eigenvalue weighted by atomic mass is 10.2. The Labute approximate surface area is 127 Å². The SMILES string of the molecule is CCOC(=O)c1cccc(Oc2cc(Cl)cc(Cl)c2)c1. The van der Waals surface area contributed by atoms with E-state index in [0.29, 0.717) is 33.7 Å². The molecule has 0 saturated carbocycles. The third kappa shape index (κ3) is 3.89. The van der Waals surface area contributed by atoms with E-state index in [9.17, 15) is 4.79 Å². The smallest absolute Gasteiger partial charge is 0.338 e. The molecule has 0 aliphatic heterocycles. The molecule has 0 fully saturated rings. The molecule has 0 heterocycles. The summed E-state index contributed by atoms with van der Waals surface area (Å²) >= 11 is 11.8. The van der Waals surface area contributed by atoms with E-state index in [0.717, 1.165) is 0 Å². The highest BCUT2D eigenvalue weighted by Crippen LogP contribution is 2.28. The topological polar surface area (TPSA) is 35.5 Å². The maximum atomic E-state index is 11.6. The molecule has 104 valence electrons. The van der Waals surface area contributed by atoms with Gasteiger partial charge in [0, 0.05) is 10.0 Å². The third-order valence-electron chi connectivity index (χ3n) is 2.42. The summed E-state index contributed by atoms with van der Waals surface area (Å²) in [4.78, 5) is 11.6. The molecule has 0 N–H and O–H groups in total. The van der Waals surface area contributed by atoms with Crippen molar-refractivity contribution in [3.63, 3.8) is 0 Å². The molecule has 2 aromatic carbocycles. The van der Waals surface area contributed by atoms with Gasteiger partial charge >= 0.3 is 5.97 Å². The molecule has 0 spiro atoms. The molecule has 0 saturated heterocycles. The monoisotopic (exact) mass is 310 g/mol. The second kappa shape index (κ2) is 6.64. The zero-order valence-electron chi connectivity index (χ0n) is 10.7. The number of ether oxygens (including phenoxy) is 2. The van der Waals surface area contributed by atoms with Crippen molar-refractivity contribution < 1.29 is 14.3 Å². The molecule has 0 unspecified atom stereocenters. The van der Waals surface area contributed by atoms with Crippen LogP contribution in [0.15, 0.2) is 42.5 Å². The van der Waals surface area contributed by atoms with Crippen LogP contribution < -0.4 is 4.74 Å². The van der Waals surface area contributed by atoms with Crippen molar-refractivity contribution in [1.29, 1.82) is 0 Å². The van der Waals surface area contributed by atoms with Gasteiger partial charge in [-0.1, -0.05) is 29.3 Å². The molecule has 0 amide bonds. The van der Waals surface area contributed by atoms with Crippen LogP contribution in [0.25, 0.3) is 0 Å². The van der Waals surface area contributed by atoms with Gasteiger partial charge in [-0.25, -0.2) is 4.79 Å². The van der Waals surface area contributed by atoms with E-state index in [1.807, 2.05) is 0 Å². The first-order valence-electron chi connectivity index (χ1n) is 5.99. The van der Waals surface area contributed by atoms with Crippen LogP contribution in [0, 0.1) is 0 Å². The number of carbonyl (C=O) groups is 1. The van der Waals surface area contributed by atoms with Gasteiger partial charge in [-0.2, -0.15) is 0 Å². The predicted molar refractivity (Wildman–Crippen MR) is 78.9 cm³/mol. The van der Waals surface area contributed by atoms with E-state index in [1.54, 1.807) is 49.4 Å². The number of esters is 1. The summed E-state index contributed by atoms with van der Waals surface area (Å²) in [5.41, 5.74) is 0.428. The van der Waals surface area contributed by atoms with Crippen LogP contribution in [0.2, 0.25) is 10.0 Å². The Morgan fingerprint density at radius 3 is 2.40 bits per heavy atom. The number of rotatable bonds is 4. The fourth-order valence-electron chi connectivity index (χ4n) is 1.62. The van der Waals surface area contributed by atoms with Crippen LogP contribution in [-0.4, -0.2) is 12.6 Å². The summed E-state index contributed by atoms with van der Waals surface area (Å²) in [6.07, 6.45) is 0. The molecular weight excluding hydrogens is 299 g/mol. The highest BCUT2D eigenvalue weighted by atomic mass is 35.5. The Kier molecular flexibility index (Phi) is 4.88. The van der Waals surface area contributed by atoms with Gasteiger partial charge in [0.15, 0.2) is 0 Å². The van der Waals surface area contributed by atoms with Gasteiger partial charge in [-0.3, -0.25) is 0 Å². The average Bonchev–Trinajstić information content (AvgIpc) is 2.38. The predicted octanol–water partition coefficient (Wildman–Crippen LogP) is 4.96. The van der Waals surface area contributed by atoms with Crippen LogP contribution in [0.4, 0.5) is 0 Å². The standard InChI is InChI=1S/C15H12Cl2O3/c1-2-19-15(18)10-4-3-5-13(6-10)20-14-8-11(16)7-12(17)9-14/h3-9H,2H2,1H3. The van der Waals surface area contributed by atoms with Crippen LogP contribution in [0.3, 0.4) is 0 Å². The first-order chi connectivity index (χ1) is 9.58. The van der Waals surface area contributed by atoms with E-state index in [1.165, 1.54) is 0 Å². The lowest BCUT2D eigenvalue weighted by molar-refractivity contribution is 0.0526. The summed E-state index contributed by atoms with van der Waals surface area (Å²) in [5, 5.41) is 0.961. The molecule has 0 aliphatic carbocycles. The van der Waals surface area contributed by atoms with Crippen molar-refractivity contribution in [2.45, 2.75) is 6.92 Å². The minimum Gasteiger partial charge on any atom is -0.462 e. The van der Waals surface area contributed by atoms with Gasteiger partial charge in [0.2, 0.25) is 0 Å². The lowest BCUT2D eigenvalue weighted by Crippen LogP contribution is -2.04. The zero-order chi connectivity index (χ0) is 14.5. The summed E-state index contributed by atoms with van der Waals surface area (Å²) in [5.74, 6) is 0.625. The zero-order valence-corrected chi connectivity index (χ0v) is 12.2. The molecule has 0 aromatic heterocycles. The molecule has 20 heavy (non-hydrogen) atoms. The first kappa shape index (κ1) is 14.7. The molecule has 2 rings (SSSR count). The van der Waals surface area contributed by atoms with Crippen molar-refractivity contribution in [2.24, 2.45) is 0 Å². The molecule has 0 aliphatic rings. The quantitative estimate of drug-likeness (QED) is 0.748. The fourth-order valence-corrected chi connectivity index (χ4v) is 2.13. The normalized spacial score (nSPS) is 10.2. The third-order valence-corrected chi connectivity index (χ3v) is 2.85. The summed E-state index contributed by atoms with van der Waals surface area (Å²) < 4.78 is 10.6. The van der Waals surface area contributed by atoms with E-state index >= 15 is 0 Å². The van der Waals surface area contributed by atoms with Gasteiger partial charge in [-0.15, -0.1) is 0 Å². The lowest BCUT2D eigenvalue weighted by Gasteiger charge is -2.08. The highest BCUT2D eigenvalue weighted by Gasteiger charge is 2.08. The van der Waals surface area contributed by atoms with Crippen molar-refractivity contribution in [3.05, 3.63) is 58.1 Å². The van der Waals surface area contributed by atoms with E-state index in [2.05, 4.69) is 0 Å². The maximum absolute atomic E-state index is 11.6. The molecule has 0 bridgehead atoms. The number of carbonyl (C=O) groups excluding carboxylic acids is 1. The first-order valence-corrected chi connectivity index (χ1v) is 6.75. The van der Waals surface area contributed by atoms with Gasteiger partial charge in [0.05, 0.1) is 12.2 Å².